The van der Waals surface area contributed by atoms with Crippen LogP contribution in [0.2, 0.25) is 0 Å². The first-order valence-electron chi connectivity index (χ1n) is 7.81. The van der Waals surface area contributed by atoms with E-state index in [1.165, 1.54) is 19.3 Å². The maximum absolute atomic E-state index is 2.47. The summed E-state index contributed by atoms with van der Waals surface area (Å²) in [5.74, 6) is 5.16. The second kappa shape index (κ2) is 8.16. The molecule has 0 saturated heterocycles. The SMILES string of the molecule is CCCC(C)C(C)C(C)C(C)CC(C)C(C)C. The monoisotopic (exact) mass is 240 g/mol. The molecule has 0 spiro atoms. The molecular formula is C17H36. The zero-order valence-electron chi connectivity index (χ0n) is 13.6. The van der Waals surface area contributed by atoms with Crippen molar-refractivity contribution in [1.82, 2.24) is 0 Å². The van der Waals surface area contributed by atoms with E-state index < -0.39 is 0 Å². The molecule has 0 saturated carbocycles. The fourth-order valence-electron chi connectivity index (χ4n) is 2.83. The van der Waals surface area contributed by atoms with Gasteiger partial charge in [0.2, 0.25) is 0 Å². The Bertz CT molecular complexity index is 182. The van der Waals surface area contributed by atoms with E-state index in [1.54, 1.807) is 0 Å². The molecule has 0 bridgehead atoms. The first-order chi connectivity index (χ1) is 7.81. The molecule has 0 aromatic heterocycles. The lowest BCUT2D eigenvalue weighted by Crippen LogP contribution is -2.24. The smallest absolute Gasteiger partial charge is 0.0389 e. The van der Waals surface area contributed by atoms with Crippen LogP contribution in [0.25, 0.3) is 0 Å². The normalized spacial score (nSPS) is 21.0. The van der Waals surface area contributed by atoms with E-state index in [-0.39, 0.29) is 0 Å². The van der Waals surface area contributed by atoms with Crippen molar-refractivity contribution in [3.05, 3.63) is 0 Å². The Morgan fingerprint density at radius 2 is 1.12 bits per heavy atom. The molecule has 0 radical (unpaired) electrons. The van der Waals surface area contributed by atoms with Crippen LogP contribution in [-0.2, 0) is 0 Å². The summed E-state index contributed by atoms with van der Waals surface area (Å²) < 4.78 is 0. The zero-order valence-corrected chi connectivity index (χ0v) is 13.6. The van der Waals surface area contributed by atoms with Crippen molar-refractivity contribution in [3.63, 3.8) is 0 Å². The van der Waals surface area contributed by atoms with Gasteiger partial charge in [-0.05, 0) is 41.9 Å². The molecule has 0 aliphatic rings. The Hall–Kier alpha value is 0. The zero-order chi connectivity index (χ0) is 13.6. The molecule has 0 amide bonds. The fourth-order valence-corrected chi connectivity index (χ4v) is 2.83. The van der Waals surface area contributed by atoms with Crippen LogP contribution in [0.5, 0.6) is 0 Å². The Balaban J connectivity index is 4.23. The lowest BCUT2D eigenvalue weighted by Gasteiger charge is -2.32. The molecule has 104 valence electrons. The van der Waals surface area contributed by atoms with Crippen molar-refractivity contribution in [2.24, 2.45) is 35.5 Å². The highest BCUT2D eigenvalue weighted by atomic mass is 14.3. The second-order valence-electron chi connectivity index (χ2n) is 6.92. The van der Waals surface area contributed by atoms with Crippen molar-refractivity contribution in [2.45, 2.75) is 74.7 Å². The summed E-state index contributed by atoms with van der Waals surface area (Å²) >= 11 is 0. The Kier molecular flexibility index (Phi) is 8.16. The van der Waals surface area contributed by atoms with Crippen LogP contribution < -0.4 is 0 Å². The third-order valence-electron chi connectivity index (χ3n) is 5.25. The van der Waals surface area contributed by atoms with Crippen LogP contribution in [0.3, 0.4) is 0 Å². The summed E-state index contributed by atoms with van der Waals surface area (Å²) in [6.45, 7) is 19.2. The van der Waals surface area contributed by atoms with E-state index >= 15 is 0 Å². The molecule has 0 fully saturated rings. The minimum absolute atomic E-state index is 0.827. The van der Waals surface area contributed by atoms with E-state index in [9.17, 15) is 0 Å². The van der Waals surface area contributed by atoms with Crippen molar-refractivity contribution in [1.29, 1.82) is 0 Å². The minimum Gasteiger partial charge on any atom is -0.0654 e. The van der Waals surface area contributed by atoms with Gasteiger partial charge in [-0.25, -0.2) is 0 Å². The van der Waals surface area contributed by atoms with Crippen LogP contribution in [0.15, 0.2) is 0 Å². The highest BCUT2D eigenvalue weighted by molar-refractivity contribution is 4.74. The van der Waals surface area contributed by atoms with Gasteiger partial charge in [-0.2, -0.15) is 0 Å². The van der Waals surface area contributed by atoms with Crippen molar-refractivity contribution in [3.8, 4) is 0 Å². The van der Waals surface area contributed by atoms with Gasteiger partial charge in [-0.1, -0.05) is 68.2 Å². The summed E-state index contributed by atoms with van der Waals surface area (Å²) in [6, 6.07) is 0. The average Bonchev–Trinajstić information content (AvgIpc) is 2.26. The first kappa shape index (κ1) is 17.0. The second-order valence-corrected chi connectivity index (χ2v) is 6.92. The largest absolute Gasteiger partial charge is 0.0654 e. The minimum atomic E-state index is 0.827. The molecule has 0 aromatic carbocycles. The molecule has 5 atom stereocenters. The first-order valence-corrected chi connectivity index (χ1v) is 7.81. The Labute approximate surface area is 111 Å². The van der Waals surface area contributed by atoms with Crippen LogP contribution in [0.1, 0.15) is 74.7 Å². The molecule has 0 rings (SSSR count). The van der Waals surface area contributed by atoms with Gasteiger partial charge in [0.05, 0.1) is 0 Å². The summed E-state index contributed by atoms with van der Waals surface area (Å²) in [4.78, 5) is 0. The van der Waals surface area contributed by atoms with Crippen LogP contribution in [-0.4, -0.2) is 0 Å². The van der Waals surface area contributed by atoms with Gasteiger partial charge in [0, 0.05) is 0 Å². The Morgan fingerprint density at radius 1 is 0.647 bits per heavy atom. The molecule has 0 N–H and O–H groups in total. The lowest BCUT2D eigenvalue weighted by atomic mass is 9.73. The third kappa shape index (κ3) is 5.93. The van der Waals surface area contributed by atoms with Crippen LogP contribution in [0.4, 0.5) is 0 Å². The van der Waals surface area contributed by atoms with Gasteiger partial charge in [-0.3, -0.25) is 0 Å². The molecule has 5 unspecified atom stereocenters. The van der Waals surface area contributed by atoms with Gasteiger partial charge >= 0.3 is 0 Å². The van der Waals surface area contributed by atoms with E-state index in [0.29, 0.717) is 0 Å². The molecule has 0 nitrogen and oxygen atoms in total. The molecule has 17 heavy (non-hydrogen) atoms. The molecule has 0 heteroatoms. The molecule has 0 aromatic rings. The topological polar surface area (TPSA) is 0 Å². The van der Waals surface area contributed by atoms with Crippen molar-refractivity contribution >= 4 is 0 Å². The van der Waals surface area contributed by atoms with Gasteiger partial charge in [0.15, 0.2) is 0 Å². The Morgan fingerprint density at radius 3 is 1.53 bits per heavy atom. The summed E-state index contributed by atoms with van der Waals surface area (Å²) in [5, 5.41) is 0. The van der Waals surface area contributed by atoms with Gasteiger partial charge in [0.1, 0.15) is 0 Å². The van der Waals surface area contributed by atoms with Gasteiger partial charge in [0.25, 0.3) is 0 Å². The standard InChI is InChI=1S/C17H36/c1-9-10-13(4)16(7)17(8)15(6)11-14(5)12(2)3/h12-17H,9-11H2,1-8H3. The van der Waals surface area contributed by atoms with E-state index in [2.05, 4.69) is 55.4 Å². The maximum Gasteiger partial charge on any atom is -0.0389 e. The van der Waals surface area contributed by atoms with Gasteiger partial charge in [-0.15, -0.1) is 0 Å². The predicted octanol–water partition coefficient (Wildman–Crippen LogP) is 6.01. The van der Waals surface area contributed by atoms with Crippen LogP contribution >= 0.6 is 0 Å². The van der Waals surface area contributed by atoms with E-state index in [1.807, 2.05) is 0 Å². The quantitative estimate of drug-likeness (QED) is 0.487. The lowest BCUT2D eigenvalue weighted by molar-refractivity contribution is 0.173. The molecule has 0 aliphatic heterocycles. The van der Waals surface area contributed by atoms with Crippen LogP contribution in [0, 0.1) is 35.5 Å². The third-order valence-corrected chi connectivity index (χ3v) is 5.25. The summed E-state index contributed by atoms with van der Waals surface area (Å²) in [6.07, 6.45) is 4.11. The maximum atomic E-state index is 2.47. The molecule has 0 heterocycles. The number of hydrogen-bond acceptors (Lipinski definition) is 0. The number of hydrogen-bond donors (Lipinski definition) is 0. The molecule has 0 aliphatic carbocycles. The van der Waals surface area contributed by atoms with Crippen molar-refractivity contribution < 1.29 is 0 Å². The highest BCUT2D eigenvalue weighted by Crippen LogP contribution is 2.33. The van der Waals surface area contributed by atoms with E-state index in [4.69, 9.17) is 0 Å². The predicted molar refractivity (Wildman–Crippen MR) is 80.2 cm³/mol. The molecular weight excluding hydrogens is 204 g/mol. The summed E-state index contributed by atoms with van der Waals surface area (Å²) in [5.41, 5.74) is 0. The highest BCUT2D eigenvalue weighted by Gasteiger charge is 2.24. The average molecular weight is 240 g/mol. The number of rotatable bonds is 8. The summed E-state index contributed by atoms with van der Waals surface area (Å²) in [7, 11) is 0. The van der Waals surface area contributed by atoms with E-state index in [0.717, 1.165) is 35.5 Å². The fraction of sp³-hybridized carbons (Fsp3) is 1.00. The van der Waals surface area contributed by atoms with Gasteiger partial charge < -0.3 is 0 Å². The van der Waals surface area contributed by atoms with Crippen molar-refractivity contribution in [2.75, 3.05) is 0 Å².